The van der Waals surface area contributed by atoms with Crippen LogP contribution in [0.1, 0.15) is 31.7 Å². The molecule has 1 saturated heterocycles. The van der Waals surface area contributed by atoms with E-state index in [-0.39, 0.29) is 23.7 Å². The molecule has 2 atom stereocenters. The molecule has 1 aromatic rings. The van der Waals surface area contributed by atoms with Gasteiger partial charge in [-0.3, -0.25) is 4.79 Å². The molecule has 0 unspecified atom stereocenters. The number of hydrogen-bond acceptors (Lipinski definition) is 2. The number of ketones is 1. The van der Waals surface area contributed by atoms with E-state index < -0.39 is 0 Å². The van der Waals surface area contributed by atoms with Crippen LogP contribution in [0.3, 0.4) is 0 Å². The highest BCUT2D eigenvalue weighted by Crippen LogP contribution is 2.32. The number of benzene rings is 1. The number of hydrogen-bond donors (Lipinski definition) is 0. The van der Waals surface area contributed by atoms with E-state index in [1.54, 1.807) is 0 Å². The maximum absolute atomic E-state index is 12.0. The van der Waals surface area contributed by atoms with Crippen molar-refractivity contribution in [3.63, 3.8) is 0 Å². The molecule has 0 amide bonds. The van der Waals surface area contributed by atoms with E-state index in [0.717, 1.165) is 6.42 Å². The van der Waals surface area contributed by atoms with Crippen molar-refractivity contribution in [3.8, 4) is 0 Å². The monoisotopic (exact) mass is 218 g/mol. The van der Waals surface area contributed by atoms with Crippen LogP contribution in [0.2, 0.25) is 0 Å². The van der Waals surface area contributed by atoms with Gasteiger partial charge in [-0.2, -0.15) is 0 Å². The van der Waals surface area contributed by atoms with Gasteiger partial charge in [-0.05, 0) is 12.0 Å². The van der Waals surface area contributed by atoms with Gasteiger partial charge in [0.05, 0.1) is 0 Å². The zero-order valence-corrected chi connectivity index (χ0v) is 9.85. The van der Waals surface area contributed by atoms with E-state index in [1.165, 1.54) is 5.56 Å². The van der Waals surface area contributed by atoms with Crippen LogP contribution in [0.5, 0.6) is 0 Å². The zero-order chi connectivity index (χ0) is 11.5. The number of rotatable bonds is 3. The average Bonchev–Trinajstić information content (AvgIpc) is 2.77. The second kappa shape index (κ2) is 4.79. The Balaban J connectivity index is 2.19. The van der Waals surface area contributed by atoms with Gasteiger partial charge in [-0.15, -0.1) is 0 Å². The van der Waals surface area contributed by atoms with E-state index in [0.29, 0.717) is 6.61 Å². The van der Waals surface area contributed by atoms with E-state index in [2.05, 4.69) is 12.1 Å². The van der Waals surface area contributed by atoms with Crippen LogP contribution in [0.4, 0.5) is 0 Å². The number of carbonyl (C=O) groups excluding carboxylic acids is 1. The first-order valence-corrected chi connectivity index (χ1v) is 5.90. The molecule has 16 heavy (non-hydrogen) atoms. The quantitative estimate of drug-likeness (QED) is 0.779. The van der Waals surface area contributed by atoms with Crippen molar-refractivity contribution in [2.75, 3.05) is 6.61 Å². The zero-order valence-electron chi connectivity index (χ0n) is 9.85. The van der Waals surface area contributed by atoms with Gasteiger partial charge in [-0.25, -0.2) is 0 Å². The van der Waals surface area contributed by atoms with Crippen molar-refractivity contribution >= 4 is 5.78 Å². The summed E-state index contributed by atoms with van der Waals surface area (Å²) in [5.41, 5.74) is 1.22. The molecule has 1 aliphatic rings. The van der Waals surface area contributed by atoms with E-state index in [4.69, 9.17) is 4.74 Å². The lowest BCUT2D eigenvalue weighted by molar-refractivity contribution is -0.131. The van der Waals surface area contributed by atoms with Crippen LogP contribution < -0.4 is 0 Å². The lowest BCUT2D eigenvalue weighted by Gasteiger charge is -2.19. The lowest BCUT2D eigenvalue weighted by Crippen LogP contribution is -2.29. The number of Topliss-reactive ketones (excluding diaryl/α,β-unsaturated/α-hetero) is 1. The molecule has 0 saturated carbocycles. The largest absolute Gasteiger partial charge is 0.370 e. The second-order valence-electron chi connectivity index (χ2n) is 4.65. The van der Waals surface area contributed by atoms with Gasteiger partial charge in [0.25, 0.3) is 0 Å². The van der Waals surface area contributed by atoms with Gasteiger partial charge < -0.3 is 4.74 Å². The molecule has 0 radical (unpaired) electrons. The third-order valence-corrected chi connectivity index (χ3v) is 3.17. The molecule has 0 bridgehead atoms. The Labute approximate surface area is 96.6 Å². The van der Waals surface area contributed by atoms with Gasteiger partial charge in [0.2, 0.25) is 0 Å². The van der Waals surface area contributed by atoms with Crippen molar-refractivity contribution in [1.29, 1.82) is 0 Å². The molecule has 0 spiro atoms. The van der Waals surface area contributed by atoms with E-state index >= 15 is 0 Å². The molecular weight excluding hydrogens is 200 g/mol. The Bertz CT molecular complexity index is 356. The molecule has 0 aliphatic carbocycles. The molecular formula is C14H18O2. The Morgan fingerprint density at radius 1 is 1.31 bits per heavy atom. The molecule has 1 heterocycles. The fraction of sp³-hybridized carbons (Fsp3) is 0.500. The Morgan fingerprint density at radius 3 is 2.62 bits per heavy atom. The number of carbonyl (C=O) groups is 1. The first-order chi connectivity index (χ1) is 7.70. The van der Waals surface area contributed by atoms with Gasteiger partial charge in [0.15, 0.2) is 5.78 Å². The summed E-state index contributed by atoms with van der Waals surface area (Å²) < 4.78 is 5.59. The molecule has 2 nitrogen and oxygen atoms in total. The van der Waals surface area contributed by atoms with Crippen molar-refractivity contribution in [1.82, 2.24) is 0 Å². The second-order valence-corrected chi connectivity index (χ2v) is 4.65. The van der Waals surface area contributed by atoms with Crippen molar-refractivity contribution in [2.24, 2.45) is 5.92 Å². The molecule has 2 rings (SSSR count). The summed E-state index contributed by atoms with van der Waals surface area (Å²) in [4.78, 5) is 12.0. The van der Waals surface area contributed by atoms with Crippen LogP contribution in [0, 0.1) is 5.92 Å². The van der Waals surface area contributed by atoms with Gasteiger partial charge >= 0.3 is 0 Å². The highest BCUT2D eigenvalue weighted by molar-refractivity contribution is 5.86. The molecule has 86 valence electrons. The minimum Gasteiger partial charge on any atom is -0.370 e. The first-order valence-electron chi connectivity index (χ1n) is 5.90. The third-order valence-electron chi connectivity index (χ3n) is 3.17. The highest BCUT2D eigenvalue weighted by Gasteiger charge is 2.35. The Kier molecular flexibility index (Phi) is 3.39. The fourth-order valence-corrected chi connectivity index (χ4v) is 2.24. The van der Waals surface area contributed by atoms with Crippen molar-refractivity contribution in [3.05, 3.63) is 35.9 Å². The minimum atomic E-state index is -0.234. The maximum atomic E-state index is 12.0. The first kappa shape index (κ1) is 11.3. The van der Waals surface area contributed by atoms with Crippen LogP contribution in [0.15, 0.2) is 30.3 Å². The highest BCUT2D eigenvalue weighted by atomic mass is 16.5. The molecule has 1 aromatic carbocycles. The molecule has 0 aromatic heterocycles. The minimum absolute atomic E-state index is 0.0503. The maximum Gasteiger partial charge on any atom is 0.164 e. The average molecular weight is 218 g/mol. The van der Waals surface area contributed by atoms with Gasteiger partial charge in [0.1, 0.15) is 6.10 Å². The summed E-state index contributed by atoms with van der Waals surface area (Å²) in [6.07, 6.45) is 0.718. The van der Waals surface area contributed by atoms with Crippen LogP contribution in [-0.4, -0.2) is 18.5 Å². The van der Waals surface area contributed by atoms with Gasteiger partial charge in [0, 0.05) is 18.4 Å². The summed E-state index contributed by atoms with van der Waals surface area (Å²) in [6, 6.07) is 10.2. The van der Waals surface area contributed by atoms with Crippen molar-refractivity contribution < 1.29 is 9.53 Å². The van der Waals surface area contributed by atoms with Crippen LogP contribution >= 0.6 is 0 Å². The summed E-state index contributed by atoms with van der Waals surface area (Å²) in [6.45, 7) is 4.57. The Hall–Kier alpha value is -1.15. The topological polar surface area (TPSA) is 26.3 Å². The summed E-state index contributed by atoms with van der Waals surface area (Å²) >= 11 is 0. The van der Waals surface area contributed by atoms with Crippen LogP contribution in [0.25, 0.3) is 0 Å². The SMILES string of the molecule is CC(C)C(=O)[C@@H]1OCC[C@@H]1c1ccccc1. The smallest absolute Gasteiger partial charge is 0.164 e. The fourth-order valence-electron chi connectivity index (χ4n) is 2.24. The number of ether oxygens (including phenoxy) is 1. The normalized spacial score (nSPS) is 24.9. The lowest BCUT2D eigenvalue weighted by atomic mass is 9.87. The molecule has 1 fully saturated rings. The van der Waals surface area contributed by atoms with Crippen LogP contribution in [-0.2, 0) is 9.53 Å². The predicted molar refractivity (Wildman–Crippen MR) is 63.4 cm³/mol. The van der Waals surface area contributed by atoms with Gasteiger partial charge in [-0.1, -0.05) is 44.2 Å². The molecule has 2 heteroatoms. The standard InChI is InChI=1S/C14H18O2/c1-10(2)13(15)14-12(8-9-16-14)11-6-4-3-5-7-11/h3-7,10,12,14H,8-9H2,1-2H3/t12-,14-/m1/s1. The molecule has 0 N–H and O–H groups in total. The predicted octanol–water partition coefficient (Wildman–Crippen LogP) is 2.78. The van der Waals surface area contributed by atoms with E-state index in [1.807, 2.05) is 32.0 Å². The third kappa shape index (κ3) is 2.17. The molecule has 1 aliphatic heterocycles. The van der Waals surface area contributed by atoms with E-state index in [9.17, 15) is 4.79 Å². The summed E-state index contributed by atoms with van der Waals surface area (Å²) in [5, 5.41) is 0. The Morgan fingerprint density at radius 2 is 2.00 bits per heavy atom. The van der Waals surface area contributed by atoms with Crippen molar-refractivity contribution in [2.45, 2.75) is 32.3 Å². The summed E-state index contributed by atoms with van der Waals surface area (Å²) in [5.74, 6) is 0.525. The summed E-state index contributed by atoms with van der Waals surface area (Å²) in [7, 11) is 0.